The van der Waals surface area contributed by atoms with Crippen molar-refractivity contribution in [3.8, 4) is 17.2 Å². The van der Waals surface area contributed by atoms with Gasteiger partial charge in [-0.2, -0.15) is 0 Å². The van der Waals surface area contributed by atoms with Crippen molar-refractivity contribution in [3.05, 3.63) is 127 Å². The minimum Gasteiger partial charge on any atom is -0.497 e. The Morgan fingerprint density at radius 3 is 0.821 bits per heavy atom. The van der Waals surface area contributed by atoms with Crippen molar-refractivity contribution in [2.75, 3.05) is 21.3 Å². The van der Waals surface area contributed by atoms with Crippen LogP contribution < -0.4 is 51.5 Å². The van der Waals surface area contributed by atoms with E-state index in [4.69, 9.17) is 51.5 Å². The second kappa shape index (κ2) is 26.3. The summed E-state index contributed by atoms with van der Waals surface area (Å²) in [6, 6.07) is 22.5. The molecule has 0 saturated carbocycles. The number of aliphatic imine (C=N–C) groups is 3. The zero-order valence-corrected chi connectivity index (χ0v) is 32.0. The van der Waals surface area contributed by atoms with E-state index in [9.17, 15) is 0 Å². The first-order chi connectivity index (χ1) is 26.1. The van der Waals surface area contributed by atoms with E-state index in [2.05, 4.69) is 44.9 Å². The second-order valence-electron chi connectivity index (χ2n) is 9.55. The monoisotopic (exact) mass is 857 g/mol. The molecule has 3 N–H and O–H groups in total. The number of imidazole rings is 3. The van der Waals surface area contributed by atoms with Crippen molar-refractivity contribution in [1.82, 2.24) is 29.9 Å². The van der Waals surface area contributed by atoms with Crippen molar-refractivity contribution < 1.29 is 89.0 Å². The molecule has 23 heteroatoms. The van der Waals surface area contributed by atoms with Gasteiger partial charge in [-0.25, -0.2) is 52.2 Å². The van der Waals surface area contributed by atoms with Gasteiger partial charge in [-0.15, -0.1) is 20.5 Å². The Bertz CT molecular complexity index is 1710. The van der Waals surface area contributed by atoms with E-state index >= 15 is 0 Å². The third-order valence-corrected chi connectivity index (χ3v) is 5.78. The van der Waals surface area contributed by atoms with Gasteiger partial charge in [0.1, 0.15) is 34.7 Å². The summed E-state index contributed by atoms with van der Waals surface area (Å²) in [5.41, 5.74) is 2.60. The number of hydrogen-bond donors (Lipinski definition) is 3. The van der Waals surface area contributed by atoms with Crippen molar-refractivity contribution in [2.45, 2.75) is 0 Å². The van der Waals surface area contributed by atoms with Gasteiger partial charge in [-0.3, -0.25) is 15.0 Å². The number of methoxy groups -OCH3 is 3. The van der Waals surface area contributed by atoms with Gasteiger partial charge in [0.25, 0.3) is 0 Å². The number of halogens is 2. The maximum atomic E-state index is 8.49. The van der Waals surface area contributed by atoms with Gasteiger partial charge in [0.05, 0.1) is 57.0 Å². The van der Waals surface area contributed by atoms with Crippen LogP contribution in [0.15, 0.2) is 125 Å². The standard InChI is InChI=1S/3C11H11N3O.2ClHO4.Fe/c3*1-15-10-4-2-9(3-5-10)14-8-11-12-6-7-13-11;2*2-1(3,4)5;/h3*2-8H,1H3,(H,12,13);2*(H,2,3,4,5);/q;;;;;+2/p-2. The molecule has 0 aliphatic heterocycles. The van der Waals surface area contributed by atoms with E-state index in [1.807, 2.05) is 72.8 Å². The van der Waals surface area contributed by atoms with E-state index in [0.29, 0.717) is 0 Å². The largest absolute Gasteiger partial charge is 2.00 e. The Hall–Kier alpha value is -5.52. The Balaban J connectivity index is 0.000000372. The minimum absolute atomic E-state index is 0. The molecule has 3 aromatic heterocycles. The van der Waals surface area contributed by atoms with Crippen molar-refractivity contribution in [3.63, 3.8) is 0 Å². The molecule has 0 bridgehead atoms. The fraction of sp³-hybridized carbons (Fsp3) is 0.0909. The molecule has 56 heavy (non-hydrogen) atoms. The Morgan fingerprint density at radius 1 is 0.446 bits per heavy atom. The molecule has 3 heterocycles. The molecular weight excluding hydrogens is 825 g/mol. The third-order valence-electron chi connectivity index (χ3n) is 5.78. The summed E-state index contributed by atoms with van der Waals surface area (Å²) in [4.78, 5) is 33.7. The number of nitrogens with one attached hydrogen (secondary N) is 3. The van der Waals surface area contributed by atoms with E-state index in [1.165, 1.54) is 0 Å². The average molecular weight is 858 g/mol. The SMILES string of the molecule is COc1ccc(N=Cc2ncc[nH]2)cc1.COc1ccc(N=Cc2ncc[nH]2)cc1.COc1ccc(N=Cc2ncc[nH]2)cc1.[Fe+2].[O-][Cl+3]([O-])([O-])[O-].[O-][Cl+3]([O-])([O-])[O-]. The van der Waals surface area contributed by atoms with E-state index in [0.717, 1.165) is 51.8 Å². The number of nitrogens with zero attached hydrogens (tertiary/aromatic N) is 6. The first-order valence-electron chi connectivity index (χ1n) is 14.9. The fourth-order valence-corrected chi connectivity index (χ4v) is 3.46. The van der Waals surface area contributed by atoms with Crippen LogP contribution in [-0.4, -0.2) is 69.9 Å². The molecule has 0 aliphatic rings. The Labute approximate surface area is 334 Å². The zero-order chi connectivity index (χ0) is 40.5. The predicted octanol–water partition coefficient (Wildman–Crippen LogP) is -3.01. The average Bonchev–Trinajstić information content (AvgIpc) is 3.98. The first-order valence-corrected chi connectivity index (χ1v) is 17.4. The van der Waals surface area contributed by atoms with Crippen LogP contribution >= 0.6 is 0 Å². The fourth-order valence-electron chi connectivity index (χ4n) is 3.46. The van der Waals surface area contributed by atoms with Gasteiger partial charge in [0.2, 0.25) is 0 Å². The van der Waals surface area contributed by atoms with Gasteiger partial charge < -0.3 is 29.2 Å². The normalized spacial score (nSPS) is 10.8. The third kappa shape index (κ3) is 24.7. The Kier molecular flexibility index (Phi) is 22.8. The van der Waals surface area contributed by atoms with Crippen LogP contribution in [0.2, 0.25) is 0 Å². The van der Waals surface area contributed by atoms with Crippen LogP contribution in [0, 0.1) is 20.5 Å². The number of ether oxygens (including phenoxy) is 3. The predicted molar refractivity (Wildman–Crippen MR) is 177 cm³/mol. The molecular formula is C33H33Cl2FeN9O11. The van der Waals surface area contributed by atoms with Gasteiger partial charge in [-0.05, 0) is 72.8 Å². The van der Waals surface area contributed by atoms with Crippen molar-refractivity contribution in [1.29, 1.82) is 0 Å². The number of aromatic nitrogens is 6. The molecule has 0 saturated heterocycles. The van der Waals surface area contributed by atoms with Gasteiger partial charge >= 0.3 is 17.1 Å². The molecule has 0 unspecified atom stereocenters. The van der Waals surface area contributed by atoms with E-state index in [-0.39, 0.29) is 17.1 Å². The quantitative estimate of drug-likeness (QED) is 0.0964. The molecule has 6 aromatic rings. The Morgan fingerprint density at radius 2 is 0.661 bits per heavy atom. The molecule has 0 atom stereocenters. The zero-order valence-electron chi connectivity index (χ0n) is 29.4. The van der Waals surface area contributed by atoms with Gasteiger partial charge in [-0.1, -0.05) is 0 Å². The molecule has 20 nitrogen and oxygen atoms in total. The van der Waals surface area contributed by atoms with Gasteiger partial charge in [0, 0.05) is 37.2 Å². The topological polar surface area (TPSA) is 335 Å². The smallest absolute Gasteiger partial charge is 0.497 e. The summed E-state index contributed by atoms with van der Waals surface area (Å²) in [7, 11) is -4.97. The first kappa shape index (κ1) is 48.5. The van der Waals surface area contributed by atoms with Crippen LogP contribution in [0.4, 0.5) is 17.1 Å². The van der Waals surface area contributed by atoms with Crippen LogP contribution in [0.1, 0.15) is 17.5 Å². The maximum Gasteiger partial charge on any atom is 2.00 e. The summed E-state index contributed by atoms with van der Waals surface area (Å²) >= 11 is 0. The molecule has 6 rings (SSSR count). The maximum absolute atomic E-state index is 8.49. The molecule has 0 aliphatic carbocycles. The van der Waals surface area contributed by atoms with Crippen LogP contribution in [0.3, 0.4) is 0 Å². The molecule has 298 valence electrons. The van der Waals surface area contributed by atoms with Crippen LogP contribution in [0.5, 0.6) is 17.2 Å². The molecule has 0 spiro atoms. The molecule has 3 aromatic carbocycles. The van der Waals surface area contributed by atoms with E-state index < -0.39 is 20.5 Å². The molecule has 0 fully saturated rings. The number of rotatable bonds is 9. The van der Waals surface area contributed by atoms with Crippen LogP contribution in [-0.2, 0) is 17.1 Å². The second-order valence-corrected chi connectivity index (χ2v) is 11.1. The molecule has 0 amide bonds. The number of hydrogen-bond acceptors (Lipinski definition) is 17. The van der Waals surface area contributed by atoms with Crippen molar-refractivity contribution >= 4 is 35.7 Å². The van der Waals surface area contributed by atoms with Crippen LogP contribution in [0.25, 0.3) is 0 Å². The van der Waals surface area contributed by atoms with E-state index in [1.54, 1.807) is 77.2 Å². The minimum atomic E-state index is -4.94. The summed E-state index contributed by atoms with van der Waals surface area (Å²) in [6.07, 6.45) is 15.4. The summed E-state index contributed by atoms with van der Waals surface area (Å²) in [5.74, 6) is 4.70. The molecule has 0 radical (unpaired) electrons. The number of aromatic amines is 3. The van der Waals surface area contributed by atoms with Crippen molar-refractivity contribution in [2.24, 2.45) is 15.0 Å². The number of H-pyrrole nitrogens is 3. The summed E-state index contributed by atoms with van der Waals surface area (Å²) in [5, 5.41) is 0. The van der Waals surface area contributed by atoms with Gasteiger partial charge in [0.15, 0.2) is 0 Å². The number of benzene rings is 3. The summed E-state index contributed by atoms with van der Waals surface area (Å²) < 4.78 is 83.1. The summed E-state index contributed by atoms with van der Waals surface area (Å²) in [6.45, 7) is 0.